The normalized spacial score (nSPS) is 31.1. The number of amides is 2. The number of fused-ring (bicyclic) bond motifs is 1. The second kappa shape index (κ2) is 6.70. The first-order valence-corrected chi connectivity index (χ1v) is 9.39. The molecule has 1 aromatic carbocycles. The van der Waals surface area contributed by atoms with Gasteiger partial charge in [0.25, 0.3) is 5.91 Å². The van der Waals surface area contributed by atoms with E-state index in [2.05, 4.69) is 17.1 Å². The van der Waals surface area contributed by atoms with Gasteiger partial charge in [-0.15, -0.1) is 0 Å². The molecule has 0 bridgehead atoms. The van der Waals surface area contributed by atoms with Gasteiger partial charge in [-0.3, -0.25) is 9.59 Å². The zero-order chi connectivity index (χ0) is 17.4. The van der Waals surface area contributed by atoms with Gasteiger partial charge in [0.05, 0.1) is 0 Å². The van der Waals surface area contributed by atoms with Crippen molar-refractivity contribution in [1.29, 1.82) is 0 Å². The summed E-state index contributed by atoms with van der Waals surface area (Å²) in [6, 6.07) is 10.3. The van der Waals surface area contributed by atoms with Gasteiger partial charge in [0, 0.05) is 25.0 Å². The average Bonchev–Trinajstić information content (AvgIpc) is 3.33. The number of para-hydroxylation sites is 1. The molecule has 1 aromatic rings. The second-order valence-corrected chi connectivity index (χ2v) is 7.75. The first-order chi connectivity index (χ1) is 12.1. The highest BCUT2D eigenvalue weighted by atomic mass is 16.5. The maximum Gasteiger partial charge on any atom is 0.257 e. The standard InChI is InChI=1S/C20H26N2O3/c1-13-9-18-16(10-20(24)22(18)14-7-8-14)17(13)11-21-19(23)12-25-15-5-3-2-4-6-15/h2-6,13-14,16-18H,7-12H2,1H3,(H,21,23)/t13-,16-,17+,18+/m0/s1. The lowest BCUT2D eigenvalue weighted by Gasteiger charge is -2.24. The van der Waals surface area contributed by atoms with Crippen molar-refractivity contribution in [3.63, 3.8) is 0 Å². The highest BCUT2D eigenvalue weighted by Gasteiger charge is 2.53. The molecule has 3 fully saturated rings. The van der Waals surface area contributed by atoms with Crippen molar-refractivity contribution in [1.82, 2.24) is 10.2 Å². The zero-order valence-electron chi connectivity index (χ0n) is 14.7. The largest absolute Gasteiger partial charge is 0.484 e. The van der Waals surface area contributed by atoms with Crippen molar-refractivity contribution in [2.75, 3.05) is 13.2 Å². The van der Waals surface area contributed by atoms with Gasteiger partial charge in [0.2, 0.25) is 5.91 Å². The molecule has 0 aromatic heterocycles. The molecule has 4 atom stereocenters. The van der Waals surface area contributed by atoms with E-state index in [0.29, 0.717) is 54.5 Å². The fourth-order valence-corrected chi connectivity index (χ4v) is 4.67. The fraction of sp³-hybridized carbons (Fsp3) is 0.600. The lowest BCUT2D eigenvalue weighted by atomic mass is 9.88. The molecule has 1 aliphatic heterocycles. The van der Waals surface area contributed by atoms with Crippen LogP contribution >= 0.6 is 0 Å². The van der Waals surface area contributed by atoms with Crippen LogP contribution in [0.3, 0.4) is 0 Å². The summed E-state index contributed by atoms with van der Waals surface area (Å²) in [4.78, 5) is 26.6. The first-order valence-electron chi connectivity index (χ1n) is 9.39. The van der Waals surface area contributed by atoms with Crippen LogP contribution in [-0.4, -0.2) is 41.9 Å². The summed E-state index contributed by atoms with van der Waals surface area (Å²) in [6.07, 6.45) is 4.07. The molecule has 5 nitrogen and oxygen atoms in total. The summed E-state index contributed by atoms with van der Waals surface area (Å²) in [5.74, 6) is 2.26. The van der Waals surface area contributed by atoms with Crippen molar-refractivity contribution in [2.24, 2.45) is 17.8 Å². The minimum Gasteiger partial charge on any atom is -0.484 e. The molecule has 0 spiro atoms. The van der Waals surface area contributed by atoms with Crippen LogP contribution in [-0.2, 0) is 9.59 Å². The number of ether oxygens (including phenoxy) is 1. The van der Waals surface area contributed by atoms with Crippen LogP contribution < -0.4 is 10.1 Å². The summed E-state index contributed by atoms with van der Waals surface area (Å²) in [6.45, 7) is 2.93. The minimum atomic E-state index is -0.0946. The number of rotatable bonds is 6. The molecular formula is C20H26N2O3. The molecule has 2 saturated carbocycles. The van der Waals surface area contributed by atoms with Crippen LogP contribution in [0.25, 0.3) is 0 Å². The van der Waals surface area contributed by atoms with Gasteiger partial charge in [-0.1, -0.05) is 25.1 Å². The van der Waals surface area contributed by atoms with Crippen molar-refractivity contribution < 1.29 is 14.3 Å². The van der Waals surface area contributed by atoms with E-state index in [-0.39, 0.29) is 12.5 Å². The molecule has 1 N–H and O–H groups in total. The van der Waals surface area contributed by atoms with Gasteiger partial charge >= 0.3 is 0 Å². The van der Waals surface area contributed by atoms with Gasteiger partial charge in [-0.05, 0) is 49.1 Å². The Bertz CT molecular complexity index is 644. The molecule has 134 valence electrons. The van der Waals surface area contributed by atoms with Gasteiger partial charge in [0.15, 0.2) is 6.61 Å². The Morgan fingerprint density at radius 3 is 2.76 bits per heavy atom. The number of benzene rings is 1. The Balaban J connectivity index is 1.29. The minimum absolute atomic E-state index is 0.0341. The smallest absolute Gasteiger partial charge is 0.257 e. The molecule has 0 radical (unpaired) electrons. The monoisotopic (exact) mass is 342 g/mol. The van der Waals surface area contributed by atoms with E-state index in [4.69, 9.17) is 4.74 Å². The summed E-state index contributed by atoms with van der Waals surface area (Å²) < 4.78 is 5.50. The molecular weight excluding hydrogens is 316 g/mol. The van der Waals surface area contributed by atoms with E-state index < -0.39 is 0 Å². The Kier molecular flexibility index (Phi) is 4.40. The number of hydrogen-bond donors (Lipinski definition) is 1. The SMILES string of the molecule is C[C@H]1C[C@@H]2[C@@H](CC(=O)N2C2CC2)[C@@H]1CNC(=O)COc1ccccc1. The van der Waals surface area contributed by atoms with Crippen LogP contribution in [0.1, 0.15) is 32.6 Å². The molecule has 25 heavy (non-hydrogen) atoms. The van der Waals surface area contributed by atoms with Crippen LogP contribution in [0.4, 0.5) is 0 Å². The third-order valence-electron chi connectivity index (χ3n) is 6.03. The molecule has 1 saturated heterocycles. The first kappa shape index (κ1) is 16.4. The highest BCUT2D eigenvalue weighted by Crippen LogP contribution is 2.49. The van der Waals surface area contributed by atoms with Crippen LogP contribution in [0.5, 0.6) is 5.75 Å². The Morgan fingerprint density at radius 1 is 1.28 bits per heavy atom. The van der Waals surface area contributed by atoms with Crippen molar-refractivity contribution in [3.05, 3.63) is 30.3 Å². The lowest BCUT2D eigenvalue weighted by molar-refractivity contribution is -0.129. The van der Waals surface area contributed by atoms with Crippen LogP contribution in [0, 0.1) is 17.8 Å². The van der Waals surface area contributed by atoms with Gasteiger partial charge < -0.3 is 15.0 Å². The highest BCUT2D eigenvalue weighted by molar-refractivity contribution is 5.80. The van der Waals surface area contributed by atoms with Crippen LogP contribution in [0.15, 0.2) is 30.3 Å². The zero-order valence-corrected chi connectivity index (χ0v) is 14.7. The van der Waals surface area contributed by atoms with Gasteiger partial charge in [-0.2, -0.15) is 0 Å². The number of carbonyl (C=O) groups is 2. The van der Waals surface area contributed by atoms with E-state index in [1.54, 1.807) is 0 Å². The maximum atomic E-state index is 12.3. The Labute approximate surface area is 148 Å². The average molecular weight is 342 g/mol. The number of hydrogen-bond acceptors (Lipinski definition) is 3. The summed E-state index contributed by atoms with van der Waals surface area (Å²) in [7, 11) is 0. The Morgan fingerprint density at radius 2 is 2.04 bits per heavy atom. The van der Waals surface area contributed by atoms with Crippen molar-refractivity contribution in [2.45, 2.75) is 44.7 Å². The predicted octanol–water partition coefficient (Wildman–Crippen LogP) is 2.22. The van der Waals surface area contributed by atoms with Gasteiger partial charge in [-0.25, -0.2) is 0 Å². The fourth-order valence-electron chi connectivity index (χ4n) is 4.67. The van der Waals surface area contributed by atoms with E-state index in [1.165, 1.54) is 12.8 Å². The Hall–Kier alpha value is -2.04. The van der Waals surface area contributed by atoms with E-state index in [9.17, 15) is 9.59 Å². The number of nitrogens with one attached hydrogen (secondary N) is 1. The second-order valence-electron chi connectivity index (χ2n) is 7.75. The topological polar surface area (TPSA) is 58.6 Å². The third-order valence-corrected chi connectivity index (χ3v) is 6.03. The van der Waals surface area contributed by atoms with E-state index in [1.807, 2.05) is 30.3 Å². The van der Waals surface area contributed by atoms with Crippen molar-refractivity contribution in [3.8, 4) is 5.75 Å². The van der Waals surface area contributed by atoms with E-state index >= 15 is 0 Å². The summed E-state index contributed by atoms with van der Waals surface area (Å²) in [5, 5.41) is 3.02. The molecule has 1 heterocycles. The number of nitrogens with zero attached hydrogens (tertiary/aromatic N) is 1. The molecule has 4 rings (SSSR count). The summed E-state index contributed by atoms with van der Waals surface area (Å²) >= 11 is 0. The quantitative estimate of drug-likeness (QED) is 0.862. The molecule has 5 heteroatoms. The number of likely N-dealkylation sites (tertiary alicyclic amines) is 1. The number of carbonyl (C=O) groups excluding carboxylic acids is 2. The predicted molar refractivity (Wildman–Crippen MR) is 94.0 cm³/mol. The summed E-state index contributed by atoms with van der Waals surface area (Å²) in [5.41, 5.74) is 0. The molecule has 2 aliphatic carbocycles. The van der Waals surface area contributed by atoms with Crippen LogP contribution in [0.2, 0.25) is 0 Å². The maximum absolute atomic E-state index is 12.3. The lowest BCUT2D eigenvalue weighted by Crippen LogP contribution is -2.37. The molecule has 3 aliphatic rings. The third kappa shape index (κ3) is 3.37. The van der Waals surface area contributed by atoms with E-state index in [0.717, 1.165) is 6.42 Å². The van der Waals surface area contributed by atoms with Crippen molar-refractivity contribution >= 4 is 11.8 Å². The van der Waals surface area contributed by atoms with Gasteiger partial charge in [0.1, 0.15) is 5.75 Å². The molecule has 2 amide bonds. The molecule has 0 unspecified atom stereocenters.